The monoisotopic (exact) mass is 256 g/mol. The highest BCUT2D eigenvalue weighted by Gasteiger charge is 2.37. The van der Waals surface area contributed by atoms with Gasteiger partial charge in [-0.25, -0.2) is 0 Å². The van der Waals surface area contributed by atoms with Crippen molar-refractivity contribution in [3.8, 4) is 0 Å². The van der Waals surface area contributed by atoms with Crippen LogP contribution in [-0.2, 0) is 0 Å². The molecule has 2 nitrogen and oxygen atoms in total. The number of hydrogen-bond donors (Lipinski definition) is 1. The van der Waals surface area contributed by atoms with Gasteiger partial charge in [0.15, 0.2) is 0 Å². The third-order valence-electron chi connectivity index (χ3n) is 4.47. The van der Waals surface area contributed by atoms with Gasteiger partial charge in [0, 0.05) is 11.6 Å². The van der Waals surface area contributed by atoms with Crippen molar-refractivity contribution in [2.45, 2.75) is 79.3 Å². The molecule has 1 unspecified atom stereocenters. The number of likely N-dealkylation sites (N-methyl/N-ethyl adjacent to an activating group) is 1. The third kappa shape index (κ3) is 4.55. The molecule has 0 spiro atoms. The van der Waals surface area contributed by atoms with Crippen LogP contribution < -0.4 is 5.32 Å². The van der Waals surface area contributed by atoms with E-state index >= 15 is 0 Å². The second kappa shape index (κ2) is 8.92. The molecule has 0 aliphatic heterocycles. The lowest BCUT2D eigenvalue weighted by Gasteiger charge is -2.47. The molecule has 0 saturated heterocycles. The molecule has 0 aromatic rings. The molecule has 18 heavy (non-hydrogen) atoms. The molecule has 0 heterocycles. The van der Waals surface area contributed by atoms with Gasteiger partial charge in [-0.2, -0.15) is 0 Å². The Kier molecular flexibility index (Phi) is 8.89. The molecule has 0 aliphatic carbocycles. The van der Waals surface area contributed by atoms with Gasteiger partial charge in [0.1, 0.15) is 0 Å². The molecule has 2 heteroatoms. The maximum atomic E-state index is 3.82. The molecular formula is C16H36N2. The van der Waals surface area contributed by atoms with Gasteiger partial charge in [0.2, 0.25) is 0 Å². The van der Waals surface area contributed by atoms with Gasteiger partial charge in [0.05, 0.1) is 0 Å². The highest BCUT2D eigenvalue weighted by atomic mass is 15.2. The summed E-state index contributed by atoms with van der Waals surface area (Å²) in [5, 5.41) is 3.82. The molecular weight excluding hydrogens is 220 g/mol. The minimum absolute atomic E-state index is 0.232. The Balaban J connectivity index is 5.00. The SMILES string of the molecule is CCCNC(C(CC)CC)C(C)(C)N(CC)CC. The van der Waals surface area contributed by atoms with E-state index in [4.69, 9.17) is 0 Å². The number of rotatable bonds is 10. The van der Waals surface area contributed by atoms with Crippen LogP contribution >= 0.6 is 0 Å². The van der Waals surface area contributed by atoms with E-state index in [1.807, 2.05) is 0 Å². The van der Waals surface area contributed by atoms with Crippen LogP contribution in [0.5, 0.6) is 0 Å². The van der Waals surface area contributed by atoms with Crippen molar-refractivity contribution in [2.75, 3.05) is 19.6 Å². The second-order valence-electron chi connectivity index (χ2n) is 5.83. The van der Waals surface area contributed by atoms with Gasteiger partial charge in [-0.3, -0.25) is 4.90 Å². The van der Waals surface area contributed by atoms with Crippen molar-refractivity contribution in [3.05, 3.63) is 0 Å². The molecule has 0 saturated carbocycles. The summed E-state index contributed by atoms with van der Waals surface area (Å²) in [5.41, 5.74) is 0.232. The number of nitrogens with zero attached hydrogens (tertiary/aromatic N) is 1. The predicted octanol–water partition coefficient (Wildman–Crippen LogP) is 3.91. The molecule has 0 bridgehead atoms. The summed E-state index contributed by atoms with van der Waals surface area (Å²) in [4.78, 5) is 2.60. The van der Waals surface area contributed by atoms with E-state index in [-0.39, 0.29) is 5.54 Å². The lowest BCUT2D eigenvalue weighted by molar-refractivity contribution is 0.0622. The van der Waals surface area contributed by atoms with Gasteiger partial charge in [0.25, 0.3) is 0 Å². The average molecular weight is 256 g/mol. The highest BCUT2D eigenvalue weighted by Crippen LogP contribution is 2.28. The predicted molar refractivity (Wildman–Crippen MR) is 83.2 cm³/mol. The zero-order chi connectivity index (χ0) is 14.2. The molecule has 0 aromatic carbocycles. The van der Waals surface area contributed by atoms with E-state index in [0.717, 1.165) is 25.6 Å². The Morgan fingerprint density at radius 3 is 1.78 bits per heavy atom. The number of nitrogens with one attached hydrogen (secondary N) is 1. The van der Waals surface area contributed by atoms with Crippen molar-refractivity contribution >= 4 is 0 Å². The average Bonchev–Trinajstić information content (AvgIpc) is 2.35. The Labute approximate surface area is 116 Å². The summed E-state index contributed by atoms with van der Waals surface area (Å²) in [6, 6.07) is 0.590. The maximum Gasteiger partial charge on any atom is 0.0308 e. The summed E-state index contributed by atoms with van der Waals surface area (Å²) in [6.07, 6.45) is 3.75. The van der Waals surface area contributed by atoms with Gasteiger partial charge in [-0.1, -0.05) is 47.5 Å². The third-order valence-corrected chi connectivity index (χ3v) is 4.47. The van der Waals surface area contributed by atoms with E-state index < -0.39 is 0 Å². The van der Waals surface area contributed by atoms with Crippen LogP contribution in [0.4, 0.5) is 0 Å². The Bertz CT molecular complexity index is 193. The highest BCUT2D eigenvalue weighted by molar-refractivity contribution is 4.96. The molecule has 0 amide bonds. The van der Waals surface area contributed by atoms with Crippen LogP contribution in [0.3, 0.4) is 0 Å². The first-order valence-corrected chi connectivity index (χ1v) is 7.97. The Morgan fingerprint density at radius 2 is 1.44 bits per heavy atom. The fraction of sp³-hybridized carbons (Fsp3) is 1.00. The summed E-state index contributed by atoms with van der Waals surface area (Å²) in [6.45, 7) is 19.7. The zero-order valence-corrected chi connectivity index (χ0v) is 13.8. The van der Waals surface area contributed by atoms with Gasteiger partial charge < -0.3 is 5.32 Å². The van der Waals surface area contributed by atoms with E-state index in [2.05, 4.69) is 58.7 Å². The lowest BCUT2D eigenvalue weighted by Crippen LogP contribution is -2.60. The van der Waals surface area contributed by atoms with Crippen LogP contribution in [0.1, 0.15) is 67.7 Å². The molecule has 0 aromatic heterocycles. The molecule has 1 N–H and O–H groups in total. The molecule has 110 valence electrons. The largest absolute Gasteiger partial charge is 0.312 e. The molecule has 1 atom stereocenters. The first-order chi connectivity index (χ1) is 8.49. The quantitative estimate of drug-likeness (QED) is 0.637. The van der Waals surface area contributed by atoms with E-state index in [1.54, 1.807) is 0 Å². The van der Waals surface area contributed by atoms with Crippen molar-refractivity contribution in [1.29, 1.82) is 0 Å². The minimum Gasteiger partial charge on any atom is -0.312 e. The van der Waals surface area contributed by atoms with Gasteiger partial charge in [-0.05, 0) is 45.8 Å². The normalized spacial score (nSPS) is 14.5. The van der Waals surface area contributed by atoms with E-state index in [9.17, 15) is 0 Å². The summed E-state index contributed by atoms with van der Waals surface area (Å²) < 4.78 is 0. The maximum absolute atomic E-state index is 3.82. The molecule has 0 aliphatic rings. The van der Waals surface area contributed by atoms with E-state index in [1.165, 1.54) is 19.3 Å². The molecule has 0 fully saturated rings. The summed E-state index contributed by atoms with van der Waals surface area (Å²) >= 11 is 0. The van der Waals surface area contributed by atoms with Crippen molar-refractivity contribution in [3.63, 3.8) is 0 Å². The lowest BCUT2D eigenvalue weighted by atomic mass is 9.80. The standard InChI is InChI=1S/C16H36N2/c1-8-13-17-15(14(9-2)10-3)16(6,7)18(11-4)12-5/h14-15,17H,8-13H2,1-7H3. The topological polar surface area (TPSA) is 15.3 Å². The first kappa shape index (κ1) is 17.9. The Hall–Kier alpha value is -0.0800. The van der Waals surface area contributed by atoms with Crippen LogP contribution in [0.25, 0.3) is 0 Å². The van der Waals surface area contributed by atoms with Crippen LogP contribution in [0.15, 0.2) is 0 Å². The molecule has 0 radical (unpaired) electrons. The second-order valence-corrected chi connectivity index (χ2v) is 5.83. The van der Waals surface area contributed by atoms with Crippen molar-refractivity contribution in [2.24, 2.45) is 5.92 Å². The minimum atomic E-state index is 0.232. The zero-order valence-electron chi connectivity index (χ0n) is 13.8. The van der Waals surface area contributed by atoms with E-state index in [0.29, 0.717) is 6.04 Å². The fourth-order valence-corrected chi connectivity index (χ4v) is 3.29. The number of hydrogen-bond acceptors (Lipinski definition) is 2. The van der Waals surface area contributed by atoms with Crippen LogP contribution in [-0.4, -0.2) is 36.1 Å². The smallest absolute Gasteiger partial charge is 0.0308 e. The van der Waals surface area contributed by atoms with Crippen molar-refractivity contribution < 1.29 is 0 Å². The first-order valence-electron chi connectivity index (χ1n) is 7.97. The summed E-state index contributed by atoms with van der Waals surface area (Å²) in [5.74, 6) is 0.771. The molecule has 0 rings (SSSR count). The van der Waals surface area contributed by atoms with Crippen LogP contribution in [0.2, 0.25) is 0 Å². The van der Waals surface area contributed by atoms with Crippen molar-refractivity contribution in [1.82, 2.24) is 10.2 Å². The Morgan fingerprint density at radius 1 is 0.944 bits per heavy atom. The summed E-state index contributed by atoms with van der Waals surface area (Å²) in [7, 11) is 0. The van der Waals surface area contributed by atoms with Gasteiger partial charge in [-0.15, -0.1) is 0 Å². The van der Waals surface area contributed by atoms with Crippen LogP contribution in [0, 0.1) is 5.92 Å². The fourth-order valence-electron chi connectivity index (χ4n) is 3.29. The van der Waals surface area contributed by atoms with Gasteiger partial charge >= 0.3 is 0 Å².